The van der Waals surface area contributed by atoms with E-state index in [2.05, 4.69) is 0 Å². The predicted octanol–water partition coefficient (Wildman–Crippen LogP) is 2.82. The van der Waals surface area contributed by atoms with Crippen LogP contribution < -0.4 is 4.74 Å². The summed E-state index contributed by atoms with van der Waals surface area (Å²) < 4.78 is 23.1. The second-order valence-electron chi connectivity index (χ2n) is 3.37. The van der Waals surface area contributed by atoms with Crippen molar-refractivity contribution in [2.75, 3.05) is 0 Å². The number of carboxylic acid groups (broad SMARTS) is 1. The van der Waals surface area contributed by atoms with E-state index in [0.717, 1.165) is 30.3 Å². The van der Waals surface area contributed by atoms with Crippen molar-refractivity contribution < 1.29 is 28.4 Å². The van der Waals surface area contributed by atoms with Gasteiger partial charge in [0.1, 0.15) is 0 Å². The van der Waals surface area contributed by atoms with E-state index in [1.807, 2.05) is 0 Å². The quantitative estimate of drug-likeness (QED) is 0.674. The van der Waals surface area contributed by atoms with Crippen molar-refractivity contribution in [1.29, 1.82) is 0 Å². The van der Waals surface area contributed by atoms with Gasteiger partial charge in [-0.15, -0.1) is 0 Å². The fourth-order valence-electron chi connectivity index (χ4n) is 1.33. The maximum atomic E-state index is 13.5. The summed E-state index contributed by atoms with van der Waals surface area (Å²) in [6.45, 7) is 0. The lowest BCUT2D eigenvalue weighted by Crippen LogP contribution is -1.95. The fraction of sp³-hybridized carbons (Fsp3) is 0. The van der Waals surface area contributed by atoms with Gasteiger partial charge in [0.25, 0.3) is 5.95 Å². The third kappa shape index (κ3) is 2.51. The van der Waals surface area contributed by atoms with Gasteiger partial charge in [0.2, 0.25) is 11.5 Å². The van der Waals surface area contributed by atoms with Crippen molar-refractivity contribution >= 4 is 11.7 Å². The molecular formula is C11H6FNO6. The Hall–Kier alpha value is -2.90. The lowest BCUT2D eigenvalue weighted by Gasteiger charge is -2.03. The molecule has 19 heavy (non-hydrogen) atoms. The smallest absolute Gasteiger partial charge is 0.371 e. The Morgan fingerprint density at radius 3 is 2.68 bits per heavy atom. The first kappa shape index (κ1) is 12.6. The molecule has 0 fully saturated rings. The summed E-state index contributed by atoms with van der Waals surface area (Å²) in [5, 5.41) is 19.3. The van der Waals surface area contributed by atoms with Crippen molar-refractivity contribution in [2.24, 2.45) is 0 Å². The molecule has 1 N–H and O–H groups in total. The van der Waals surface area contributed by atoms with Crippen molar-refractivity contribution in [3.63, 3.8) is 0 Å². The molecule has 2 rings (SSSR count). The van der Waals surface area contributed by atoms with E-state index in [1.54, 1.807) is 0 Å². The molecule has 98 valence electrons. The maximum absolute atomic E-state index is 13.5. The number of halogens is 1. The number of hydrogen-bond acceptors (Lipinski definition) is 5. The van der Waals surface area contributed by atoms with Crippen LogP contribution in [0.1, 0.15) is 10.6 Å². The second kappa shape index (κ2) is 4.77. The van der Waals surface area contributed by atoms with Crippen molar-refractivity contribution in [3.05, 3.63) is 52.0 Å². The van der Waals surface area contributed by atoms with E-state index in [1.165, 1.54) is 0 Å². The highest BCUT2D eigenvalue weighted by molar-refractivity contribution is 5.84. The highest BCUT2D eigenvalue weighted by Crippen LogP contribution is 2.34. The van der Waals surface area contributed by atoms with Crippen LogP contribution in [0.3, 0.4) is 0 Å². The molecule has 7 nitrogen and oxygen atoms in total. The zero-order valence-electron chi connectivity index (χ0n) is 9.20. The van der Waals surface area contributed by atoms with Crippen LogP contribution in [0.4, 0.5) is 10.1 Å². The van der Waals surface area contributed by atoms with Crippen LogP contribution in [-0.4, -0.2) is 16.0 Å². The minimum absolute atomic E-state index is 0.356. The monoisotopic (exact) mass is 267 g/mol. The van der Waals surface area contributed by atoms with Gasteiger partial charge in [0.15, 0.2) is 5.82 Å². The molecule has 1 aromatic heterocycles. The second-order valence-corrected chi connectivity index (χ2v) is 3.37. The number of para-hydroxylation sites is 1. The van der Waals surface area contributed by atoms with Gasteiger partial charge in [-0.1, -0.05) is 6.07 Å². The lowest BCUT2D eigenvalue weighted by molar-refractivity contribution is -0.385. The Kier molecular flexibility index (Phi) is 3.15. The molecule has 0 saturated heterocycles. The summed E-state index contributed by atoms with van der Waals surface area (Å²) in [6, 6.07) is 5.40. The number of nitro groups is 1. The van der Waals surface area contributed by atoms with Crippen LogP contribution in [0.25, 0.3) is 0 Å². The number of benzene rings is 1. The Bertz CT molecular complexity index is 650. The number of aromatic carboxylic acids is 1. The zero-order chi connectivity index (χ0) is 14.0. The molecule has 0 saturated carbocycles. The number of carbonyl (C=O) groups is 1. The van der Waals surface area contributed by atoms with Crippen molar-refractivity contribution in [2.45, 2.75) is 0 Å². The first-order valence-electron chi connectivity index (χ1n) is 4.93. The number of ether oxygens (including phenoxy) is 1. The molecule has 0 aliphatic heterocycles. The number of nitrogens with zero attached hydrogens (tertiary/aromatic N) is 1. The first-order valence-corrected chi connectivity index (χ1v) is 4.93. The van der Waals surface area contributed by atoms with E-state index in [9.17, 15) is 19.3 Å². The molecule has 0 atom stereocenters. The van der Waals surface area contributed by atoms with Crippen LogP contribution in [0.2, 0.25) is 0 Å². The SMILES string of the molecule is O=C(O)c1ccc(Oc2c(F)cccc2[N+](=O)[O-])o1. The third-order valence-corrected chi connectivity index (χ3v) is 2.14. The normalized spacial score (nSPS) is 10.2. The Morgan fingerprint density at radius 2 is 2.11 bits per heavy atom. The molecule has 0 bridgehead atoms. The number of carboxylic acids is 1. The highest BCUT2D eigenvalue weighted by Gasteiger charge is 2.21. The Balaban J connectivity index is 2.37. The summed E-state index contributed by atoms with van der Waals surface area (Å²) >= 11 is 0. The van der Waals surface area contributed by atoms with Crippen molar-refractivity contribution in [1.82, 2.24) is 0 Å². The average molecular weight is 267 g/mol. The highest BCUT2D eigenvalue weighted by atomic mass is 19.1. The molecule has 8 heteroatoms. The van der Waals surface area contributed by atoms with Crippen LogP contribution >= 0.6 is 0 Å². The van der Waals surface area contributed by atoms with Gasteiger partial charge in [0, 0.05) is 12.1 Å². The summed E-state index contributed by atoms with van der Waals surface area (Å²) in [6.07, 6.45) is 0. The fourth-order valence-corrected chi connectivity index (χ4v) is 1.33. The number of hydrogen-bond donors (Lipinski definition) is 1. The average Bonchev–Trinajstić information content (AvgIpc) is 2.80. The molecule has 1 heterocycles. The Labute approximate surface area is 105 Å². The number of nitro benzene ring substituents is 1. The molecule has 0 aliphatic carbocycles. The number of rotatable bonds is 4. The minimum Gasteiger partial charge on any atom is -0.475 e. The Morgan fingerprint density at radius 1 is 1.37 bits per heavy atom. The van der Waals surface area contributed by atoms with Gasteiger partial charge in [-0.05, 0) is 12.1 Å². The van der Waals surface area contributed by atoms with Gasteiger partial charge in [0.05, 0.1) is 4.92 Å². The number of furan rings is 1. The zero-order valence-corrected chi connectivity index (χ0v) is 9.20. The predicted molar refractivity (Wildman–Crippen MR) is 58.8 cm³/mol. The summed E-state index contributed by atoms with van der Waals surface area (Å²) in [4.78, 5) is 20.5. The van der Waals surface area contributed by atoms with E-state index in [-0.39, 0.29) is 5.95 Å². The summed E-state index contributed by atoms with van der Waals surface area (Å²) in [7, 11) is 0. The largest absolute Gasteiger partial charge is 0.475 e. The lowest BCUT2D eigenvalue weighted by atomic mass is 10.3. The molecule has 1 aromatic carbocycles. The van der Waals surface area contributed by atoms with Gasteiger partial charge in [-0.3, -0.25) is 10.1 Å². The van der Waals surface area contributed by atoms with Gasteiger partial charge in [-0.25, -0.2) is 9.18 Å². The van der Waals surface area contributed by atoms with Gasteiger partial charge in [-0.2, -0.15) is 0 Å². The van der Waals surface area contributed by atoms with E-state index in [4.69, 9.17) is 14.3 Å². The third-order valence-electron chi connectivity index (χ3n) is 2.14. The summed E-state index contributed by atoms with van der Waals surface area (Å²) in [5.41, 5.74) is -0.590. The molecule has 0 spiro atoms. The molecular weight excluding hydrogens is 261 g/mol. The maximum Gasteiger partial charge on any atom is 0.371 e. The van der Waals surface area contributed by atoms with Crippen LogP contribution in [0, 0.1) is 15.9 Å². The van der Waals surface area contributed by atoms with Crippen molar-refractivity contribution in [3.8, 4) is 11.7 Å². The molecule has 0 aliphatic rings. The van der Waals surface area contributed by atoms with Crippen LogP contribution in [-0.2, 0) is 0 Å². The molecule has 2 aromatic rings. The first-order chi connectivity index (χ1) is 8.99. The molecule has 0 unspecified atom stereocenters. The molecule has 0 amide bonds. The topological polar surface area (TPSA) is 103 Å². The van der Waals surface area contributed by atoms with E-state index in [0.29, 0.717) is 0 Å². The van der Waals surface area contributed by atoms with E-state index < -0.39 is 33.9 Å². The van der Waals surface area contributed by atoms with Crippen LogP contribution in [0.15, 0.2) is 34.7 Å². The van der Waals surface area contributed by atoms with Gasteiger partial charge >= 0.3 is 11.7 Å². The molecule has 0 radical (unpaired) electrons. The standard InChI is InChI=1S/C11H6FNO6/c12-6-2-1-3-7(13(16)17)10(6)19-9-5-4-8(18-9)11(14)15/h1-5H,(H,14,15). The van der Waals surface area contributed by atoms with Gasteiger partial charge < -0.3 is 14.3 Å². The summed E-state index contributed by atoms with van der Waals surface area (Å²) in [5.74, 6) is -3.71. The minimum atomic E-state index is -1.34. The van der Waals surface area contributed by atoms with E-state index >= 15 is 0 Å². The van der Waals surface area contributed by atoms with Crippen LogP contribution in [0.5, 0.6) is 11.7 Å².